The molecule has 2 radical (unpaired) electrons. The molecule has 0 aromatic heterocycles. The van der Waals surface area contributed by atoms with Crippen molar-refractivity contribution in [1.82, 2.24) is 0 Å². The minimum absolute atomic E-state index is 0.412. The fourth-order valence-corrected chi connectivity index (χ4v) is 0.731. The number of rotatable bonds is 0. The Morgan fingerprint density at radius 3 is 1.43 bits per heavy atom. The van der Waals surface area contributed by atoms with Crippen molar-refractivity contribution in [2.45, 2.75) is 12.4 Å². The summed E-state index contributed by atoms with van der Waals surface area (Å²) < 4.78 is 71.6. The number of hydrogen-bond acceptors (Lipinski definition) is 0. The quantitative estimate of drug-likeness (QED) is 0.578. The number of halogens is 6. The third-order valence-electron chi connectivity index (χ3n) is 1.34. The van der Waals surface area contributed by atoms with Crippen LogP contribution in [-0.4, -0.2) is 0 Å². The molecule has 6 heteroatoms. The van der Waals surface area contributed by atoms with E-state index >= 15 is 0 Å². The van der Waals surface area contributed by atoms with Gasteiger partial charge >= 0.3 is 12.4 Å². The average molecular weight is 212 g/mol. The van der Waals surface area contributed by atoms with Gasteiger partial charge in [0.15, 0.2) is 0 Å². The van der Waals surface area contributed by atoms with E-state index in [0.717, 1.165) is 0 Å². The maximum atomic E-state index is 11.9. The highest BCUT2D eigenvalue weighted by molar-refractivity contribution is 5.25. The molecule has 0 aliphatic carbocycles. The first-order valence-corrected chi connectivity index (χ1v) is 3.29. The number of alkyl halides is 6. The molecule has 0 bridgehead atoms. The molecule has 0 aliphatic heterocycles. The molecule has 0 N–H and O–H groups in total. The molecule has 0 nitrogen and oxygen atoms in total. The van der Waals surface area contributed by atoms with Crippen molar-refractivity contribution in [3.63, 3.8) is 0 Å². The fourth-order valence-electron chi connectivity index (χ4n) is 0.731. The highest BCUT2D eigenvalue weighted by atomic mass is 19.4. The molecule has 0 saturated heterocycles. The summed E-state index contributed by atoms with van der Waals surface area (Å²) in [5, 5.41) is 0. The molecule has 1 aromatic carbocycles. The van der Waals surface area contributed by atoms with Gasteiger partial charge in [0.25, 0.3) is 0 Å². The van der Waals surface area contributed by atoms with Gasteiger partial charge in [0.2, 0.25) is 0 Å². The lowest BCUT2D eigenvalue weighted by Crippen LogP contribution is -2.10. The first-order chi connectivity index (χ1) is 6.21. The Balaban J connectivity index is 3.15. The van der Waals surface area contributed by atoms with Crippen LogP contribution in [0.15, 0.2) is 12.1 Å². The Morgan fingerprint density at radius 2 is 1.14 bits per heavy atom. The Kier molecular flexibility index (Phi) is 2.47. The minimum atomic E-state index is -4.84. The van der Waals surface area contributed by atoms with Gasteiger partial charge in [-0.05, 0) is 18.2 Å². The third kappa shape index (κ3) is 2.40. The van der Waals surface area contributed by atoms with Crippen molar-refractivity contribution in [1.29, 1.82) is 0 Å². The van der Waals surface area contributed by atoms with E-state index in [1.54, 1.807) is 6.07 Å². The van der Waals surface area contributed by atoms with Crippen molar-refractivity contribution < 1.29 is 26.3 Å². The molecule has 14 heavy (non-hydrogen) atoms. The van der Waals surface area contributed by atoms with E-state index in [1.807, 2.05) is 0 Å². The topological polar surface area (TPSA) is 0 Å². The molecule has 0 aliphatic rings. The zero-order chi connectivity index (χ0) is 11.0. The van der Waals surface area contributed by atoms with Crippen molar-refractivity contribution in [2.24, 2.45) is 0 Å². The molecule has 0 amide bonds. The molecular formula is C8H2F6. The van der Waals surface area contributed by atoms with E-state index in [-0.39, 0.29) is 0 Å². The van der Waals surface area contributed by atoms with Gasteiger partial charge in [-0.15, -0.1) is 0 Å². The predicted molar refractivity (Wildman–Crippen MR) is 34.1 cm³/mol. The van der Waals surface area contributed by atoms with Crippen LogP contribution in [0.2, 0.25) is 0 Å². The lowest BCUT2D eigenvalue weighted by atomic mass is 10.1. The van der Waals surface area contributed by atoms with Crippen molar-refractivity contribution >= 4 is 0 Å². The second-order valence-corrected chi connectivity index (χ2v) is 2.40. The Morgan fingerprint density at radius 1 is 0.786 bits per heavy atom. The van der Waals surface area contributed by atoms with Crippen LogP contribution in [0.3, 0.4) is 0 Å². The molecule has 0 unspecified atom stereocenters. The van der Waals surface area contributed by atoms with E-state index in [4.69, 9.17) is 0 Å². The zero-order valence-corrected chi connectivity index (χ0v) is 6.42. The van der Waals surface area contributed by atoms with Gasteiger partial charge in [0.05, 0.1) is 11.1 Å². The van der Waals surface area contributed by atoms with E-state index < -0.39 is 23.5 Å². The van der Waals surface area contributed by atoms with Crippen LogP contribution in [0.5, 0.6) is 0 Å². The van der Waals surface area contributed by atoms with Crippen molar-refractivity contribution in [3.05, 3.63) is 35.4 Å². The van der Waals surface area contributed by atoms with Crippen LogP contribution in [0.25, 0.3) is 0 Å². The maximum Gasteiger partial charge on any atom is 0.417 e. The van der Waals surface area contributed by atoms with Crippen molar-refractivity contribution in [2.75, 3.05) is 0 Å². The van der Waals surface area contributed by atoms with Gasteiger partial charge in [0.1, 0.15) is 0 Å². The third-order valence-corrected chi connectivity index (χ3v) is 1.34. The highest BCUT2D eigenvalue weighted by Gasteiger charge is 2.36. The largest absolute Gasteiger partial charge is 0.417 e. The van der Waals surface area contributed by atoms with E-state index in [2.05, 4.69) is 0 Å². The van der Waals surface area contributed by atoms with Gasteiger partial charge in [-0.3, -0.25) is 0 Å². The zero-order valence-electron chi connectivity index (χ0n) is 6.42. The van der Waals surface area contributed by atoms with E-state index in [9.17, 15) is 26.3 Å². The minimum Gasteiger partial charge on any atom is -0.166 e. The summed E-state index contributed by atoms with van der Waals surface area (Å²) >= 11 is 0. The van der Waals surface area contributed by atoms with Gasteiger partial charge < -0.3 is 0 Å². The molecule has 0 spiro atoms. The Hall–Kier alpha value is -1.20. The molecular weight excluding hydrogens is 210 g/mol. The lowest BCUT2D eigenvalue weighted by molar-refractivity contribution is -0.143. The fraction of sp³-hybridized carbons (Fsp3) is 0.250. The molecule has 1 aromatic rings. The number of hydrogen-bond donors (Lipinski definition) is 0. The summed E-state index contributed by atoms with van der Waals surface area (Å²) in [5.74, 6) is 0. The van der Waals surface area contributed by atoms with Crippen molar-refractivity contribution in [3.8, 4) is 0 Å². The second kappa shape index (κ2) is 3.18. The molecule has 1 rings (SSSR count). The SMILES string of the molecule is FC(F)(F)c1[c]c(C(F)(F)F)c[c]c1. The van der Waals surface area contributed by atoms with Crippen LogP contribution in [0.4, 0.5) is 26.3 Å². The van der Waals surface area contributed by atoms with Gasteiger partial charge in [-0.25, -0.2) is 0 Å². The van der Waals surface area contributed by atoms with Crippen LogP contribution in [-0.2, 0) is 12.4 Å². The average Bonchev–Trinajstić information content (AvgIpc) is 2.01. The molecule has 0 heterocycles. The van der Waals surface area contributed by atoms with Crippen LogP contribution in [0, 0.1) is 12.1 Å². The van der Waals surface area contributed by atoms with Gasteiger partial charge in [0, 0.05) is 6.07 Å². The van der Waals surface area contributed by atoms with Crippen LogP contribution in [0.1, 0.15) is 11.1 Å². The molecule has 0 fully saturated rings. The first-order valence-electron chi connectivity index (χ1n) is 3.29. The van der Waals surface area contributed by atoms with E-state index in [1.165, 1.54) is 6.07 Å². The van der Waals surface area contributed by atoms with Gasteiger partial charge in [-0.1, -0.05) is 0 Å². The standard InChI is InChI=1S/C8H2F6/c9-7(10,11)5-2-1-3-6(4-5)8(12,13)14/h2-3H. The maximum absolute atomic E-state index is 11.9. The first kappa shape index (κ1) is 10.9. The summed E-state index contributed by atoms with van der Waals surface area (Å²) in [7, 11) is 0. The smallest absolute Gasteiger partial charge is 0.166 e. The summed E-state index contributed by atoms with van der Waals surface area (Å²) in [5.41, 5.74) is -2.96. The predicted octanol–water partition coefficient (Wildman–Crippen LogP) is 3.32. The van der Waals surface area contributed by atoms with Crippen LogP contribution >= 0.6 is 0 Å². The lowest BCUT2D eigenvalue weighted by Gasteiger charge is -2.09. The summed E-state index contributed by atoms with van der Waals surface area (Å²) in [6.45, 7) is 0. The van der Waals surface area contributed by atoms with Crippen LogP contribution < -0.4 is 0 Å². The molecule has 0 saturated carbocycles. The summed E-state index contributed by atoms with van der Waals surface area (Å²) in [6.07, 6.45) is -9.67. The number of benzene rings is 1. The second-order valence-electron chi connectivity index (χ2n) is 2.40. The Bertz CT molecular complexity index is 292. The highest BCUT2D eigenvalue weighted by Crippen LogP contribution is 2.34. The van der Waals surface area contributed by atoms with E-state index in [0.29, 0.717) is 12.1 Å². The normalized spacial score (nSPS) is 13.0. The van der Waals surface area contributed by atoms with Gasteiger partial charge in [-0.2, -0.15) is 26.3 Å². The molecule has 76 valence electrons. The Labute approximate surface area is 75.2 Å². The molecule has 0 atom stereocenters. The summed E-state index contributed by atoms with van der Waals surface area (Å²) in [6, 6.07) is 3.84. The summed E-state index contributed by atoms with van der Waals surface area (Å²) in [4.78, 5) is 0. The monoisotopic (exact) mass is 212 g/mol.